The van der Waals surface area contributed by atoms with Crippen molar-refractivity contribution in [1.82, 2.24) is 24.6 Å². The molecule has 130 valence electrons. The van der Waals surface area contributed by atoms with Gasteiger partial charge in [0.25, 0.3) is 0 Å². The smallest absolute Gasteiger partial charge is 0.313 e. The summed E-state index contributed by atoms with van der Waals surface area (Å²) in [6, 6.07) is 0. The fourth-order valence-electron chi connectivity index (χ4n) is 3.88. The third-order valence-electron chi connectivity index (χ3n) is 5.09. The van der Waals surface area contributed by atoms with Gasteiger partial charge in [-0.25, -0.2) is 4.98 Å². The van der Waals surface area contributed by atoms with E-state index in [1.165, 1.54) is 6.33 Å². The number of carbonyl (C=O) groups excluding carboxylic acids is 1. The molecule has 0 spiro atoms. The Bertz CT molecular complexity index is 617. The third kappa shape index (κ3) is 3.06. The van der Waals surface area contributed by atoms with Gasteiger partial charge in [0, 0.05) is 51.6 Å². The molecule has 8 heteroatoms. The predicted molar refractivity (Wildman–Crippen MR) is 86.0 cm³/mol. The molecule has 0 radical (unpaired) electrons. The Morgan fingerprint density at radius 1 is 1.38 bits per heavy atom. The lowest BCUT2D eigenvalue weighted by atomic mass is 9.81. The topological polar surface area (TPSA) is 91.6 Å². The monoisotopic (exact) mass is 333 g/mol. The van der Waals surface area contributed by atoms with Crippen molar-refractivity contribution in [2.45, 2.75) is 19.4 Å². The van der Waals surface area contributed by atoms with Gasteiger partial charge in [0.05, 0.1) is 0 Å². The summed E-state index contributed by atoms with van der Waals surface area (Å²) in [6.45, 7) is 7.08. The van der Waals surface area contributed by atoms with E-state index in [0.29, 0.717) is 52.1 Å². The highest BCUT2D eigenvalue weighted by Gasteiger charge is 2.58. The van der Waals surface area contributed by atoms with Crippen molar-refractivity contribution < 1.29 is 14.7 Å². The van der Waals surface area contributed by atoms with Gasteiger partial charge in [0.2, 0.25) is 5.91 Å². The van der Waals surface area contributed by atoms with E-state index in [4.69, 9.17) is 0 Å². The molecule has 3 rings (SSSR count). The van der Waals surface area contributed by atoms with E-state index in [1.54, 1.807) is 22.0 Å². The summed E-state index contributed by atoms with van der Waals surface area (Å²) >= 11 is 0. The minimum absolute atomic E-state index is 0.00536. The molecule has 8 nitrogen and oxygen atoms in total. The highest BCUT2D eigenvalue weighted by atomic mass is 16.4. The zero-order chi connectivity index (χ0) is 17.2. The van der Waals surface area contributed by atoms with Crippen molar-refractivity contribution in [2.24, 2.45) is 11.3 Å². The quantitative estimate of drug-likeness (QED) is 0.711. The molecule has 0 aliphatic carbocycles. The fraction of sp³-hybridized carbons (Fsp3) is 0.625. The average Bonchev–Trinajstić information content (AvgIpc) is 3.21. The Morgan fingerprint density at radius 2 is 2.21 bits per heavy atom. The van der Waals surface area contributed by atoms with Crippen LogP contribution in [0.15, 0.2) is 25.3 Å². The Kier molecular flexibility index (Phi) is 4.66. The number of fused-ring (bicyclic) bond motifs is 1. The Morgan fingerprint density at radius 3 is 2.83 bits per heavy atom. The molecule has 24 heavy (non-hydrogen) atoms. The SMILES string of the molecule is C=CCN1C[C@H]2CN(C(=O)CCCn3cncn3)C[C@@]2(C(=O)O)C1. The van der Waals surface area contributed by atoms with Gasteiger partial charge in [-0.3, -0.25) is 19.2 Å². The summed E-state index contributed by atoms with van der Waals surface area (Å²) in [4.78, 5) is 32.0. The van der Waals surface area contributed by atoms with Gasteiger partial charge < -0.3 is 10.0 Å². The number of rotatable bonds is 7. The molecule has 2 atom stereocenters. The van der Waals surface area contributed by atoms with Crippen LogP contribution >= 0.6 is 0 Å². The number of hydrogen-bond donors (Lipinski definition) is 1. The molecule has 0 unspecified atom stereocenters. The van der Waals surface area contributed by atoms with Crippen LogP contribution in [0.5, 0.6) is 0 Å². The lowest BCUT2D eigenvalue weighted by Gasteiger charge is -2.25. The Labute approximate surface area is 140 Å². The number of nitrogens with zero attached hydrogens (tertiary/aromatic N) is 5. The summed E-state index contributed by atoms with van der Waals surface area (Å²) in [5, 5.41) is 13.8. The average molecular weight is 333 g/mol. The van der Waals surface area contributed by atoms with Crippen molar-refractivity contribution >= 4 is 11.9 Å². The zero-order valence-corrected chi connectivity index (χ0v) is 13.7. The molecule has 1 amide bonds. The number of carboxylic acids is 1. The number of aromatic nitrogens is 3. The van der Waals surface area contributed by atoms with Crippen LogP contribution in [-0.2, 0) is 16.1 Å². The minimum atomic E-state index is -0.829. The van der Waals surface area contributed by atoms with E-state index in [0.717, 1.165) is 0 Å². The maximum atomic E-state index is 12.4. The molecular weight excluding hydrogens is 310 g/mol. The first kappa shape index (κ1) is 16.6. The molecule has 0 bridgehead atoms. The third-order valence-corrected chi connectivity index (χ3v) is 5.09. The van der Waals surface area contributed by atoms with Crippen LogP contribution in [0.3, 0.4) is 0 Å². The Balaban J connectivity index is 1.56. The van der Waals surface area contributed by atoms with E-state index < -0.39 is 11.4 Å². The maximum Gasteiger partial charge on any atom is 0.313 e. The largest absolute Gasteiger partial charge is 0.481 e. The molecule has 0 aromatic carbocycles. The number of amides is 1. The van der Waals surface area contributed by atoms with Gasteiger partial charge in [-0.15, -0.1) is 6.58 Å². The number of carboxylic acid groups (broad SMARTS) is 1. The van der Waals surface area contributed by atoms with E-state index in [9.17, 15) is 14.7 Å². The van der Waals surface area contributed by atoms with Crippen LogP contribution in [-0.4, -0.2) is 74.3 Å². The molecule has 3 heterocycles. The molecule has 0 saturated carbocycles. The van der Waals surface area contributed by atoms with Crippen LogP contribution in [0.1, 0.15) is 12.8 Å². The van der Waals surface area contributed by atoms with E-state index in [-0.39, 0.29) is 11.8 Å². The summed E-state index contributed by atoms with van der Waals surface area (Å²) in [7, 11) is 0. The minimum Gasteiger partial charge on any atom is -0.481 e. The molecule has 1 aromatic rings. The molecule has 1 aromatic heterocycles. The summed E-state index contributed by atoms with van der Waals surface area (Å²) in [6.07, 6.45) is 5.96. The lowest BCUT2D eigenvalue weighted by Crippen LogP contribution is -2.42. The van der Waals surface area contributed by atoms with Gasteiger partial charge in [-0.05, 0) is 6.42 Å². The molecule has 2 saturated heterocycles. The fourth-order valence-corrected chi connectivity index (χ4v) is 3.88. The van der Waals surface area contributed by atoms with Crippen molar-refractivity contribution in [1.29, 1.82) is 0 Å². The maximum absolute atomic E-state index is 12.4. The first-order valence-corrected chi connectivity index (χ1v) is 8.22. The molecule has 2 fully saturated rings. The van der Waals surface area contributed by atoms with Gasteiger partial charge >= 0.3 is 5.97 Å². The Hall–Kier alpha value is -2.22. The van der Waals surface area contributed by atoms with E-state index in [2.05, 4.69) is 21.6 Å². The number of likely N-dealkylation sites (tertiary alicyclic amines) is 2. The zero-order valence-electron chi connectivity index (χ0n) is 13.7. The van der Waals surface area contributed by atoms with Crippen molar-refractivity contribution in [3.8, 4) is 0 Å². The van der Waals surface area contributed by atoms with Crippen LogP contribution in [0.4, 0.5) is 0 Å². The van der Waals surface area contributed by atoms with Gasteiger partial charge in [0.15, 0.2) is 0 Å². The second kappa shape index (κ2) is 6.72. The van der Waals surface area contributed by atoms with Gasteiger partial charge in [0.1, 0.15) is 18.1 Å². The first-order valence-electron chi connectivity index (χ1n) is 8.22. The van der Waals surface area contributed by atoms with E-state index in [1.807, 2.05) is 0 Å². The molecule has 2 aliphatic heterocycles. The lowest BCUT2D eigenvalue weighted by molar-refractivity contribution is -0.149. The number of hydrogen-bond acceptors (Lipinski definition) is 5. The van der Waals surface area contributed by atoms with Crippen LogP contribution in [0.2, 0.25) is 0 Å². The van der Waals surface area contributed by atoms with Gasteiger partial charge in [-0.1, -0.05) is 6.08 Å². The predicted octanol–water partition coefficient (Wildman–Crippen LogP) is 0.0893. The van der Waals surface area contributed by atoms with E-state index >= 15 is 0 Å². The summed E-state index contributed by atoms with van der Waals surface area (Å²) in [5.74, 6) is -0.772. The normalized spacial score (nSPS) is 26.5. The number of aliphatic carboxylic acids is 1. The standard InChI is InChI=1S/C16H23N5O3/c1-2-5-19-7-13-8-20(10-16(13,9-19)15(23)24)14(22)4-3-6-21-12-17-11-18-21/h2,11-13H,1,3-10H2,(H,23,24)/t13-,16-/m0/s1. The van der Waals surface area contributed by atoms with Crippen LogP contribution in [0.25, 0.3) is 0 Å². The molecular formula is C16H23N5O3. The second-order valence-corrected chi connectivity index (χ2v) is 6.68. The van der Waals surface area contributed by atoms with Crippen LogP contribution < -0.4 is 0 Å². The summed E-state index contributed by atoms with van der Waals surface area (Å²) < 4.78 is 1.69. The number of aryl methyl sites for hydroxylation is 1. The van der Waals surface area contributed by atoms with Gasteiger partial charge in [-0.2, -0.15) is 5.10 Å². The van der Waals surface area contributed by atoms with Crippen molar-refractivity contribution in [2.75, 3.05) is 32.7 Å². The van der Waals surface area contributed by atoms with Crippen molar-refractivity contribution in [3.63, 3.8) is 0 Å². The van der Waals surface area contributed by atoms with Crippen LogP contribution in [0, 0.1) is 11.3 Å². The first-order chi connectivity index (χ1) is 11.5. The highest BCUT2D eigenvalue weighted by molar-refractivity contribution is 5.81. The molecule has 2 aliphatic rings. The molecule has 1 N–H and O–H groups in total. The van der Waals surface area contributed by atoms with Crippen molar-refractivity contribution in [3.05, 3.63) is 25.3 Å². The highest BCUT2D eigenvalue weighted by Crippen LogP contribution is 2.42. The summed E-state index contributed by atoms with van der Waals surface area (Å²) in [5.41, 5.74) is -0.829. The second-order valence-electron chi connectivity index (χ2n) is 6.68. The number of carbonyl (C=O) groups is 2.